The van der Waals surface area contributed by atoms with Crippen molar-refractivity contribution < 1.29 is 36.0 Å². The topological polar surface area (TPSA) is 115 Å². The fourth-order valence-corrected chi connectivity index (χ4v) is 6.09. The van der Waals surface area contributed by atoms with Gasteiger partial charge in [0, 0.05) is 0 Å². The molecule has 11 nitrogen and oxygen atoms in total. The number of pyridine rings is 1. The van der Waals surface area contributed by atoms with Crippen molar-refractivity contribution >= 4 is 40.0 Å². The number of hydrogen-bond donors (Lipinski definition) is 3. The molecule has 1 aliphatic rings. The van der Waals surface area contributed by atoms with Crippen molar-refractivity contribution in [3.8, 4) is 22.9 Å². The number of nitrogens with zero attached hydrogens (tertiary/aromatic N) is 4. The molecule has 2 aromatic heterocycles. The van der Waals surface area contributed by atoms with E-state index in [0.717, 1.165) is 71.5 Å². The first-order valence-corrected chi connectivity index (χ1v) is 17.9. The van der Waals surface area contributed by atoms with Crippen LogP contribution < -0.4 is 25.4 Å². The fraction of sp³-hybridized carbons (Fsp3) is 0.361. The first kappa shape index (κ1) is 38.0. The van der Waals surface area contributed by atoms with Crippen molar-refractivity contribution in [2.45, 2.75) is 44.4 Å². The molecule has 1 fully saturated rings. The van der Waals surface area contributed by atoms with Crippen LogP contribution in [0.25, 0.3) is 5.69 Å². The molecular weight excluding hydrogens is 677 g/mol. The van der Waals surface area contributed by atoms with E-state index < -0.39 is 0 Å². The third kappa shape index (κ3) is 10.1. The molecule has 0 unspecified atom stereocenters. The van der Waals surface area contributed by atoms with E-state index in [1.807, 2.05) is 36.1 Å². The number of rotatable bonds is 15. The molecule has 1 aliphatic heterocycles. The van der Waals surface area contributed by atoms with Gasteiger partial charge in [-0.15, -0.1) is 0 Å². The van der Waals surface area contributed by atoms with Crippen LogP contribution in [-0.2, 0) is 38.3 Å². The Bertz CT molecular complexity index is 1700. The fourth-order valence-electron chi connectivity index (χ4n) is 5.15. The van der Waals surface area contributed by atoms with E-state index in [1.165, 1.54) is 5.56 Å². The van der Waals surface area contributed by atoms with Crippen LogP contribution in [-0.4, -0.2) is 76.3 Å². The van der Waals surface area contributed by atoms with Crippen LogP contribution in [0.15, 0.2) is 65.7 Å². The molecule has 13 heteroatoms. The zero-order chi connectivity index (χ0) is 34.1. The number of anilines is 3. The molecule has 4 aromatic rings. The Balaban J connectivity index is 0.00000541. The normalized spacial score (nSPS) is 13.2. The summed E-state index contributed by atoms with van der Waals surface area (Å²) in [5.41, 5.74) is 4.06. The molecule has 0 aliphatic carbocycles. The Kier molecular flexibility index (Phi) is 13.8. The van der Waals surface area contributed by atoms with Gasteiger partial charge in [0.05, 0.1) is 13.2 Å². The SMILES string of the molecule is CCOc1c(Oc2ccc(N[C](=[V])Nc3cc(C(C)(C)C)nn3-c3ccc(CCN4CCOCC4)cc3)c(SC)c2)ccnc1NC=O.[CH3-]. The zero-order valence-corrected chi connectivity index (χ0v) is 31.3. The number of amides is 1. The summed E-state index contributed by atoms with van der Waals surface area (Å²) in [6, 6.07) is 18.3. The van der Waals surface area contributed by atoms with Gasteiger partial charge < -0.3 is 12.2 Å². The molecule has 0 saturated carbocycles. The third-order valence-corrected chi connectivity index (χ3v) is 8.86. The van der Waals surface area contributed by atoms with Crippen molar-refractivity contribution in [1.29, 1.82) is 0 Å². The van der Waals surface area contributed by atoms with Gasteiger partial charge in [-0.2, -0.15) is 0 Å². The minimum atomic E-state index is -0.126. The van der Waals surface area contributed by atoms with Gasteiger partial charge in [-0.1, -0.05) is 0 Å². The molecular formula is C36H46N7O4SV-. The first-order valence-electron chi connectivity index (χ1n) is 16.0. The minimum Gasteiger partial charge on any atom is -0.358 e. The van der Waals surface area contributed by atoms with Crippen LogP contribution in [0.5, 0.6) is 17.2 Å². The predicted octanol–water partition coefficient (Wildman–Crippen LogP) is 6.53. The van der Waals surface area contributed by atoms with Gasteiger partial charge in [0.15, 0.2) is 0 Å². The van der Waals surface area contributed by atoms with Gasteiger partial charge in [-0.05, 0) is 0 Å². The maximum absolute atomic E-state index is 11.1. The minimum absolute atomic E-state index is 0. The van der Waals surface area contributed by atoms with E-state index in [0.29, 0.717) is 36.1 Å². The Labute approximate surface area is 303 Å². The maximum atomic E-state index is 11.1. The molecule has 0 atom stereocenters. The molecule has 1 saturated heterocycles. The van der Waals surface area contributed by atoms with Crippen LogP contribution >= 0.6 is 11.8 Å². The summed E-state index contributed by atoms with van der Waals surface area (Å²) in [4.78, 5) is 18.7. The summed E-state index contributed by atoms with van der Waals surface area (Å²) in [6.07, 6.45) is 5.14. The van der Waals surface area contributed by atoms with Crippen LogP contribution in [0.2, 0.25) is 0 Å². The van der Waals surface area contributed by atoms with Crippen molar-refractivity contribution in [3.63, 3.8) is 0 Å². The van der Waals surface area contributed by atoms with Gasteiger partial charge in [0.2, 0.25) is 0 Å². The molecule has 0 bridgehead atoms. The molecule has 5 rings (SSSR count). The van der Waals surface area contributed by atoms with E-state index in [9.17, 15) is 4.79 Å². The van der Waals surface area contributed by atoms with Crippen LogP contribution in [0, 0.1) is 7.43 Å². The smallest absolute Gasteiger partial charge is 0.358 e. The number of nitrogens with one attached hydrogen (secondary N) is 3. The molecule has 1 amide bonds. The van der Waals surface area contributed by atoms with E-state index >= 15 is 0 Å². The second-order valence-electron chi connectivity index (χ2n) is 12.2. The number of aromatic nitrogens is 3. The van der Waals surface area contributed by atoms with E-state index in [4.69, 9.17) is 19.3 Å². The standard InChI is InChI=1S/C35H43N7O4S.CH3.V/c1-6-45-33-29(13-15-36-34(33)39-24-43)46-27-11-12-28(30(21-27)47-5)37-23-38-32-22-31(35(2,3)4)40-42(32)26-9-7-25(8-10-26)14-16-41-17-19-44-20-18-41;;/h7-13,15,21-22,24,37-38H,6,14,16-20H2,1-5H3,(H,36,39,43);1H3;/q;-1;. The van der Waals surface area contributed by atoms with Crippen molar-refractivity contribution in [2.75, 3.05) is 61.7 Å². The van der Waals surface area contributed by atoms with Gasteiger partial charge in [-0.3, -0.25) is 4.79 Å². The Morgan fingerprint density at radius 1 is 1.08 bits per heavy atom. The monoisotopic (exact) mass is 723 g/mol. The Morgan fingerprint density at radius 3 is 2.51 bits per heavy atom. The van der Waals surface area contributed by atoms with Gasteiger partial charge in [0.1, 0.15) is 0 Å². The summed E-state index contributed by atoms with van der Waals surface area (Å²) in [5, 5.41) is 14.6. The first-order chi connectivity index (χ1) is 23.2. The van der Waals surface area contributed by atoms with Gasteiger partial charge in [-0.25, -0.2) is 0 Å². The molecule has 3 N–H and O–H groups in total. The zero-order valence-electron chi connectivity index (χ0n) is 29.1. The molecule has 2 aromatic carbocycles. The molecule has 0 spiro atoms. The predicted molar refractivity (Wildman–Crippen MR) is 195 cm³/mol. The number of ether oxygens (including phenoxy) is 3. The van der Waals surface area contributed by atoms with Crippen LogP contribution in [0.4, 0.5) is 17.3 Å². The summed E-state index contributed by atoms with van der Waals surface area (Å²) in [7, 11) is 0. The van der Waals surface area contributed by atoms with Gasteiger partial charge >= 0.3 is 274 Å². The van der Waals surface area contributed by atoms with Crippen molar-refractivity contribution in [3.05, 3.63) is 79.5 Å². The summed E-state index contributed by atoms with van der Waals surface area (Å²) < 4.78 is 20.2. The number of benzene rings is 2. The number of morpholine rings is 1. The molecule has 0 radical (unpaired) electrons. The van der Waals surface area contributed by atoms with Crippen LogP contribution in [0.1, 0.15) is 39.0 Å². The second kappa shape index (κ2) is 17.7. The number of carbonyl (C=O) groups excluding carboxylic acids is 1. The number of carbonyl (C=O) groups is 1. The quantitative estimate of drug-likeness (QED) is 0.0711. The molecule has 261 valence electrons. The number of thioether (sulfide) groups is 1. The summed E-state index contributed by atoms with van der Waals surface area (Å²) in [6.45, 7) is 13.4. The van der Waals surface area contributed by atoms with Crippen LogP contribution in [0.3, 0.4) is 0 Å². The van der Waals surface area contributed by atoms with E-state index in [1.54, 1.807) is 24.0 Å². The Hall–Kier alpha value is -3.81. The van der Waals surface area contributed by atoms with E-state index in [-0.39, 0.29) is 12.8 Å². The van der Waals surface area contributed by atoms with Crippen molar-refractivity contribution in [1.82, 2.24) is 19.7 Å². The third-order valence-electron chi connectivity index (χ3n) is 7.73. The number of hydrogen-bond acceptors (Lipinski definition) is 10. The summed E-state index contributed by atoms with van der Waals surface area (Å²) >= 11 is 4.17. The molecule has 49 heavy (non-hydrogen) atoms. The van der Waals surface area contributed by atoms with E-state index in [2.05, 4.69) is 93.9 Å². The average molecular weight is 724 g/mol. The molecule has 3 heterocycles. The van der Waals surface area contributed by atoms with Crippen molar-refractivity contribution in [2.24, 2.45) is 0 Å². The Morgan fingerprint density at radius 2 is 1.84 bits per heavy atom. The summed E-state index contributed by atoms with van der Waals surface area (Å²) in [5.74, 6) is 2.61. The second-order valence-corrected chi connectivity index (χ2v) is 13.7. The average Bonchev–Trinajstić information content (AvgIpc) is 3.51. The van der Waals surface area contributed by atoms with Gasteiger partial charge in [0.25, 0.3) is 0 Å².